The van der Waals surface area contributed by atoms with Crippen molar-refractivity contribution >= 4 is 5.91 Å². The van der Waals surface area contributed by atoms with Crippen LogP contribution in [0.25, 0.3) is 0 Å². The number of amides is 1. The molecule has 0 spiro atoms. The number of hydrogen-bond acceptors (Lipinski definition) is 2. The molecule has 1 saturated heterocycles. The number of nitrogens with one attached hydrogen (secondary N) is 2. The SMILES string of the molecule is CCC(CC)(CC)NC(=O)CCC1CCCNC1. The van der Waals surface area contributed by atoms with E-state index in [1.807, 2.05) is 0 Å². The standard InChI is InChI=1S/C15H30N2O/c1-4-15(5-2,6-3)17-14(18)10-9-13-8-7-11-16-12-13/h13,16H,4-12H2,1-3H3,(H,17,18). The Morgan fingerprint density at radius 1 is 1.28 bits per heavy atom. The van der Waals surface area contributed by atoms with Crippen LogP contribution >= 0.6 is 0 Å². The molecule has 1 unspecified atom stereocenters. The molecule has 0 aromatic heterocycles. The maximum Gasteiger partial charge on any atom is 0.220 e. The fourth-order valence-corrected chi connectivity index (χ4v) is 2.88. The molecular formula is C15H30N2O. The van der Waals surface area contributed by atoms with Crippen LogP contribution in [-0.4, -0.2) is 24.5 Å². The Bertz CT molecular complexity index is 235. The Morgan fingerprint density at radius 3 is 2.44 bits per heavy atom. The second-order valence-corrected chi connectivity index (χ2v) is 5.64. The van der Waals surface area contributed by atoms with Crippen LogP contribution in [-0.2, 0) is 4.79 Å². The van der Waals surface area contributed by atoms with Crippen molar-refractivity contribution in [1.82, 2.24) is 10.6 Å². The zero-order chi connectivity index (χ0) is 13.4. The zero-order valence-corrected chi connectivity index (χ0v) is 12.3. The van der Waals surface area contributed by atoms with Gasteiger partial charge >= 0.3 is 0 Å². The topological polar surface area (TPSA) is 41.1 Å². The summed E-state index contributed by atoms with van der Waals surface area (Å²) in [5.41, 5.74) is 0.0297. The predicted molar refractivity (Wildman–Crippen MR) is 76.6 cm³/mol. The van der Waals surface area contributed by atoms with Crippen molar-refractivity contribution in [2.45, 2.75) is 71.3 Å². The van der Waals surface area contributed by atoms with Crippen LogP contribution in [0.4, 0.5) is 0 Å². The highest BCUT2D eigenvalue weighted by molar-refractivity contribution is 5.76. The van der Waals surface area contributed by atoms with Crippen molar-refractivity contribution in [2.75, 3.05) is 13.1 Å². The molecule has 18 heavy (non-hydrogen) atoms. The fraction of sp³-hybridized carbons (Fsp3) is 0.933. The minimum Gasteiger partial charge on any atom is -0.351 e. The summed E-state index contributed by atoms with van der Waals surface area (Å²) in [5, 5.41) is 6.67. The van der Waals surface area contributed by atoms with Crippen molar-refractivity contribution in [3.8, 4) is 0 Å². The molecule has 2 N–H and O–H groups in total. The molecular weight excluding hydrogens is 224 g/mol. The lowest BCUT2D eigenvalue weighted by atomic mass is 9.89. The zero-order valence-electron chi connectivity index (χ0n) is 12.3. The van der Waals surface area contributed by atoms with Crippen LogP contribution in [0, 0.1) is 5.92 Å². The second kappa shape index (κ2) is 7.78. The van der Waals surface area contributed by atoms with Gasteiger partial charge in [-0.3, -0.25) is 4.79 Å². The molecule has 0 bridgehead atoms. The average Bonchev–Trinajstić information content (AvgIpc) is 2.44. The van der Waals surface area contributed by atoms with Gasteiger partial charge < -0.3 is 10.6 Å². The molecule has 0 aromatic carbocycles. The summed E-state index contributed by atoms with van der Waals surface area (Å²) in [4.78, 5) is 12.0. The molecule has 1 atom stereocenters. The van der Waals surface area contributed by atoms with Crippen molar-refractivity contribution in [3.05, 3.63) is 0 Å². The van der Waals surface area contributed by atoms with E-state index >= 15 is 0 Å². The van der Waals surface area contributed by atoms with E-state index in [0.717, 1.165) is 38.8 Å². The third kappa shape index (κ3) is 4.60. The van der Waals surface area contributed by atoms with E-state index in [-0.39, 0.29) is 11.4 Å². The molecule has 1 aliphatic rings. The van der Waals surface area contributed by atoms with Gasteiger partial charge in [0.2, 0.25) is 5.91 Å². The summed E-state index contributed by atoms with van der Waals surface area (Å²) in [6.07, 6.45) is 7.33. The Balaban J connectivity index is 2.31. The normalized spacial score (nSPS) is 20.7. The lowest BCUT2D eigenvalue weighted by Gasteiger charge is -2.32. The predicted octanol–water partition coefficient (Wildman–Crippen LogP) is 2.85. The first-order valence-electron chi connectivity index (χ1n) is 7.67. The van der Waals surface area contributed by atoms with Crippen molar-refractivity contribution < 1.29 is 4.79 Å². The molecule has 1 fully saturated rings. The number of rotatable bonds is 7. The van der Waals surface area contributed by atoms with Gasteiger partial charge in [-0.15, -0.1) is 0 Å². The van der Waals surface area contributed by atoms with E-state index in [4.69, 9.17) is 0 Å². The number of carbonyl (C=O) groups is 1. The average molecular weight is 254 g/mol. The summed E-state index contributed by atoms with van der Waals surface area (Å²) in [6, 6.07) is 0. The summed E-state index contributed by atoms with van der Waals surface area (Å²) < 4.78 is 0. The lowest BCUT2D eigenvalue weighted by molar-refractivity contribution is -0.123. The summed E-state index contributed by atoms with van der Waals surface area (Å²) in [6.45, 7) is 8.73. The third-order valence-corrected chi connectivity index (χ3v) is 4.61. The van der Waals surface area contributed by atoms with Gasteiger partial charge in [0.1, 0.15) is 0 Å². The molecule has 1 aliphatic heterocycles. The molecule has 0 aliphatic carbocycles. The number of hydrogen-bond donors (Lipinski definition) is 2. The minimum atomic E-state index is 0.0297. The Labute approximate surface area is 112 Å². The molecule has 0 saturated carbocycles. The van der Waals surface area contributed by atoms with Gasteiger partial charge in [-0.05, 0) is 57.5 Å². The molecule has 0 aromatic rings. The maximum absolute atomic E-state index is 12.0. The van der Waals surface area contributed by atoms with Crippen LogP contribution in [0.1, 0.15) is 65.7 Å². The van der Waals surface area contributed by atoms with Crippen molar-refractivity contribution in [2.24, 2.45) is 5.92 Å². The fourth-order valence-electron chi connectivity index (χ4n) is 2.88. The van der Waals surface area contributed by atoms with E-state index in [9.17, 15) is 4.79 Å². The van der Waals surface area contributed by atoms with Gasteiger partial charge in [-0.1, -0.05) is 20.8 Å². The molecule has 3 heteroatoms. The van der Waals surface area contributed by atoms with Gasteiger partial charge in [-0.2, -0.15) is 0 Å². The van der Waals surface area contributed by atoms with E-state index in [1.54, 1.807) is 0 Å². The highest BCUT2D eigenvalue weighted by Gasteiger charge is 2.25. The van der Waals surface area contributed by atoms with E-state index in [2.05, 4.69) is 31.4 Å². The van der Waals surface area contributed by atoms with Gasteiger partial charge in [0.05, 0.1) is 0 Å². The first-order valence-corrected chi connectivity index (χ1v) is 7.67. The molecule has 3 nitrogen and oxygen atoms in total. The van der Waals surface area contributed by atoms with Crippen LogP contribution in [0.5, 0.6) is 0 Å². The van der Waals surface area contributed by atoms with Gasteiger partial charge in [0.25, 0.3) is 0 Å². The quantitative estimate of drug-likeness (QED) is 0.733. The number of piperidine rings is 1. The second-order valence-electron chi connectivity index (χ2n) is 5.64. The molecule has 0 radical (unpaired) electrons. The minimum absolute atomic E-state index is 0.0297. The maximum atomic E-state index is 12.0. The first kappa shape index (κ1) is 15.5. The lowest BCUT2D eigenvalue weighted by Crippen LogP contribution is -2.47. The third-order valence-electron chi connectivity index (χ3n) is 4.61. The molecule has 1 amide bonds. The van der Waals surface area contributed by atoms with Crippen molar-refractivity contribution in [3.63, 3.8) is 0 Å². The Morgan fingerprint density at radius 2 is 1.94 bits per heavy atom. The molecule has 106 valence electrons. The van der Waals surface area contributed by atoms with Crippen LogP contribution < -0.4 is 10.6 Å². The van der Waals surface area contributed by atoms with Gasteiger partial charge in [0, 0.05) is 12.0 Å². The summed E-state index contributed by atoms with van der Waals surface area (Å²) in [5.74, 6) is 0.940. The van der Waals surface area contributed by atoms with Crippen LogP contribution in [0.15, 0.2) is 0 Å². The molecule has 1 rings (SSSR count). The number of carbonyl (C=O) groups excluding carboxylic acids is 1. The largest absolute Gasteiger partial charge is 0.351 e. The Kier molecular flexibility index (Phi) is 6.69. The monoisotopic (exact) mass is 254 g/mol. The van der Waals surface area contributed by atoms with Crippen LogP contribution in [0.2, 0.25) is 0 Å². The van der Waals surface area contributed by atoms with Gasteiger partial charge in [0.15, 0.2) is 0 Å². The summed E-state index contributed by atoms with van der Waals surface area (Å²) in [7, 11) is 0. The first-order chi connectivity index (χ1) is 8.65. The van der Waals surface area contributed by atoms with Crippen LogP contribution in [0.3, 0.4) is 0 Å². The van der Waals surface area contributed by atoms with E-state index in [1.165, 1.54) is 12.8 Å². The summed E-state index contributed by atoms with van der Waals surface area (Å²) >= 11 is 0. The van der Waals surface area contributed by atoms with Crippen molar-refractivity contribution in [1.29, 1.82) is 0 Å². The van der Waals surface area contributed by atoms with E-state index < -0.39 is 0 Å². The Hall–Kier alpha value is -0.570. The highest BCUT2D eigenvalue weighted by atomic mass is 16.1. The van der Waals surface area contributed by atoms with E-state index in [0.29, 0.717) is 12.3 Å². The smallest absolute Gasteiger partial charge is 0.220 e. The highest BCUT2D eigenvalue weighted by Crippen LogP contribution is 2.20. The molecule has 1 heterocycles. The van der Waals surface area contributed by atoms with Gasteiger partial charge in [-0.25, -0.2) is 0 Å².